The Morgan fingerprint density at radius 3 is 2.57 bits per heavy atom. The van der Waals surface area contributed by atoms with Crippen LogP contribution >= 0.6 is 0 Å². The van der Waals surface area contributed by atoms with Crippen molar-refractivity contribution < 1.29 is 23.4 Å². The first kappa shape index (κ1) is 11.4. The molecule has 2 unspecified atom stereocenters. The molecule has 1 heterocycles. The van der Waals surface area contributed by atoms with E-state index in [4.69, 9.17) is 9.47 Å². The van der Waals surface area contributed by atoms with Crippen LogP contribution in [0.15, 0.2) is 0 Å². The number of alkyl halides is 1. The van der Waals surface area contributed by atoms with Gasteiger partial charge in [-0.1, -0.05) is 0 Å². The van der Waals surface area contributed by atoms with Gasteiger partial charge in [-0.3, -0.25) is 0 Å². The van der Waals surface area contributed by atoms with Gasteiger partial charge in [0.2, 0.25) is 5.67 Å². The van der Waals surface area contributed by atoms with Crippen LogP contribution in [0, 0.1) is 0 Å². The molecular formula is C9H15FO4. The molecule has 0 N–H and O–H groups in total. The van der Waals surface area contributed by atoms with Crippen molar-refractivity contribution in [2.75, 3.05) is 13.7 Å². The highest BCUT2D eigenvalue weighted by atomic mass is 19.1. The van der Waals surface area contributed by atoms with E-state index in [2.05, 4.69) is 4.74 Å². The van der Waals surface area contributed by atoms with Gasteiger partial charge in [-0.05, 0) is 20.8 Å². The molecule has 1 aliphatic heterocycles. The number of hydrogen-bond acceptors (Lipinski definition) is 4. The second-order valence-corrected chi connectivity index (χ2v) is 3.88. The highest BCUT2D eigenvalue weighted by molar-refractivity contribution is 5.79. The van der Waals surface area contributed by atoms with E-state index in [-0.39, 0.29) is 6.61 Å². The summed E-state index contributed by atoms with van der Waals surface area (Å²) in [6.45, 7) is 4.52. The molecule has 0 aromatic rings. The number of methoxy groups -OCH3 is 1. The Balaban J connectivity index is 2.71. The molecule has 0 amide bonds. The molecule has 0 aromatic carbocycles. The number of hydrogen-bond donors (Lipinski definition) is 0. The monoisotopic (exact) mass is 206 g/mol. The van der Waals surface area contributed by atoms with Crippen molar-refractivity contribution in [1.82, 2.24) is 0 Å². The van der Waals surface area contributed by atoms with E-state index in [0.717, 1.165) is 14.0 Å². The predicted molar refractivity (Wildman–Crippen MR) is 46.4 cm³/mol. The fourth-order valence-electron chi connectivity index (χ4n) is 1.29. The third kappa shape index (κ3) is 2.04. The Kier molecular flexibility index (Phi) is 2.83. The molecule has 0 aliphatic carbocycles. The lowest BCUT2D eigenvalue weighted by atomic mass is 10.0. The largest absolute Gasteiger partial charge is 0.467 e. The van der Waals surface area contributed by atoms with Gasteiger partial charge in [0.05, 0.1) is 13.7 Å². The maximum absolute atomic E-state index is 13.9. The normalized spacial score (nSPS) is 29.6. The van der Waals surface area contributed by atoms with E-state index in [1.807, 2.05) is 0 Å². The van der Waals surface area contributed by atoms with Crippen molar-refractivity contribution in [2.45, 2.75) is 38.3 Å². The van der Waals surface area contributed by atoms with Gasteiger partial charge >= 0.3 is 5.97 Å². The zero-order valence-corrected chi connectivity index (χ0v) is 8.80. The first-order valence-corrected chi connectivity index (χ1v) is 4.39. The molecule has 1 rings (SSSR count). The first-order chi connectivity index (χ1) is 6.29. The molecule has 1 fully saturated rings. The van der Waals surface area contributed by atoms with Crippen molar-refractivity contribution >= 4 is 5.97 Å². The molecule has 0 spiro atoms. The summed E-state index contributed by atoms with van der Waals surface area (Å²) in [6.07, 6.45) is -0.912. The molecule has 1 aliphatic rings. The molecule has 2 atom stereocenters. The van der Waals surface area contributed by atoms with Crippen molar-refractivity contribution in [3.8, 4) is 0 Å². The summed E-state index contributed by atoms with van der Waals surface area (Å²) in [7, 11) is 1.14. The fraction of sp³-hybridized carbons (Fsp3) is 0.889. The van der Waals surface area contributed by atoms with Gasteiger partial charge in [-0.15, -0.1) is 0 Å². The molecule has 14 heavy (non-hydrogen) atoms. The van der Waals surface area contributed by atoms with Gasteiger partial charge in [0.1, 0.15) is 6.10 Å². The van der Waals surface area contributed by atoms with Crippen molar-refractivity contribution in [3.05, 3.63) is 0 Å². The van der Waals surface area contributed by atoms with Gasteiger partial charge in [0.15, 0.2) is 5.79 Å². The van der Waals surface area contributed by atoms with Crippen LogP contribution in [0.5, 0.6) is 0 Å². The van der Waals surface area contributed by atoms with E-state index in [0.29, 0.717) is 0 Å². The van der Waals surface area contributed by atoms with Crippen LogP contribution in [0.4, 0.5) is 4.39 Å². The Morgan fingerprint density at radius 1 is 1.64 bits per heavy atom. The Labute approximate surface area is 82.3 Å². The minimum atomic E-state index is -2.16. The number of halogens is 1. The second kappa shape index (κ2) is 3.47. The van der Waals surface area contributed by atoms with E-state index >= 15 is 0 Å². The molecule has 1 saturated heterocycles. The lowest BCUT2D eigenvalue weighted by molar-refractivity contribution is -0.176. The number of esters is 1. The minimum Gasteiger partial charge on any atom is -0.467 e. The molecule has 82 valence electrons. The number of carbonyl (C=O) groups excluding carboxylic acids is 1. The van der Waals surface area contributed by atoms with Crippen molar-refractivity contribution in [1.29, 1.82) is 0 Å². The number of carbonyl (C=O) groups is 1. The van der Waals surface area contributed by atoms with Gasteiger partial charge in [-0.2, -0.15) is 0 Å². The zero-order chi connectivity index (χ0) is 11.0. The smallest absolute Gasteiger partial charge is 0.346 e. The predicted octanol–water partition coefficient (Wildman–Crippen LogP) is 1.04. The van der Waals surface area contributed by atoms with Crippen LogP contribution in [0.3, 0.4) is 0 Å². The quantitative estimate of drug-likeness (QED) is 0.633. The summed E-state index contributed by atoms with van der Waals surface area (Å²) in [5.74, 6) is -1.78. The van der Waals surface area contributed by atoms with Gasteiger partial charge in [-0.25, -0.2) is 9.18 Å². The van der Waals surface area contributed by atoms with Crippen LogP contribution in [-0.4, -0.2) is 37.2 Å². The lowest BCUT2D eigenvalue weighted by Gasteiger charge is -2.24. The summed E-state index contributed by atoms with van der Waals surface area (Å²) >= 11 is 0. The third-order valence-corrected chi connectivity index (χ3v) is 2.20. The minimum absolute atomic E-state index is 0.0507. The lowest BCUT2D eigenvalue weighted by Crippen LogP contribution is -2.45. The van der Waals surface area contributed by atoms with Crippen molar-refractivity contribution in [3.63, 3.8) is 0 Å². The Bertz CT molecular complexity index is 237. The maximum Gasteiger partial charge on any atom is 0.346 e. The highest BCUT2D eigenvalue weighted by Crippen LogP contribution is 2.31. The molecule has 5 heteroatoms. The van der Waals surface area contributed by atoms with E-state index < -0.39 is 23.5 Å². The average molecular weight is 206 g/mol. The molecule has 0 saturated carbocycles. The summed E-state index contributed by atoms with van der Waals surface area (Å²) in [4.78, 5) is 11.1. The number of rotatable bonds is 2. The molecule has 0 aromatic heterocycles. The van der Waals surface area contributed by atoms with Gasteiger partial charge in [0.25, 0.3) is 0 Å². The summed E-state index contributed by atoms with van der Waals surface area (Å²) < 4.78 is 28.6. The molecule has 0 radical (unpaired) electrons. The molecule has 4 nitrogen and oxygen atoms in total. The topological polar surface area (TPSA) is 44.8 Å². The summed E-state index contributed by atoms with van der Waals surface area (Å²) in [5, 5.41) is 0. The highest BCUT2D eigenvalue weighted by Gasteiger charge is 2.50. The standard InChI is InChI=1S/C9H15FO4/c1-8(2)13-5-6(14-8)9(3,10)7(11)12-4/h6H,5H2,1-4H3. The summed E-state index contributed by atoms with van der Waals surface area (Å²) in [6, 6.07) is 0. The van der Waals surface area contributed by atoms with Crippen LogP contribution < -0.4 is 0 Å². The Hall–Kier alpha value is -0.680. The zero-order valence-electron chi connectivity index (χ0n) is 8.80. The van der Waals surface area contributed by atoms with E-state index in [1.165, 1.54) is 0 Å². The van der Waals surface area contributed by atoms with E-state index in [9.17, 15) is 9.18 Å². The fourth-order valence-corrected chi connectivity index (χ4v) is 1.29. The summed E-state index contributed by atoms with van der Waals surface area (Å²) in [5.41, 5.74) is -2.16. The van der Waals surface area contributed by atoms with Gasteiger partial charge < -0.3 is 14.2 Å². The van der Waals surface area contributed by atoms with Crippen LogP contribution in [-0.2, 0) is 19.0 Å². The Morgan fingerprint density at radius 2 is 2.21 bits per heavy atom. The van der Waals surface area contributed by atoms with Crippen LogP contribution in [0.1, 0.15) is 20.8 Å². The van der Waals surface area contributed by atoms with Crippen LogP contribution in [0.2, 0.25) is 0 Å². The second-order valence-electron chi connectivity index (χ2n) is 3.88. The molecule has 0 bridgehead atoms. The molecular weight excluding hydrogens is 191 g/mol. The third-order valence-electron chi connectivity index (χ3n) is 2.20. The average Bonchev–Trinajstić information content (AvgIpc) is 2.45. The number of ether oxygens (including phenoxy) is 3. The maximum atomic E-state index is 13.9. The van der Waals surface area contributed by atoms with Crippen LogP contribution in [0.25, 0.3) is 0 Å². The van der Waals surface area contributed by atoms with Crippen molar-refractivity contribution in [2.24, 2.45) is 0 Å². The van der Waals surface area contributed by atoms with Gasteiger partial charge in [0, 0.05) is 0 Å². The first-order valence-electron chi connectivity index (χ1n) is 4.39. The van der Waals surface area contributed by atoms with E-state index in [1.54, 1.807) is 13.8 Å². The SMILES string of the molecule is COC(=O)C(C)(F)C1COC(C)(C)O1.